The van der Waals surface area contributed by atoms with Crippen molar-refractivity contribution in [1.82, 2.24) is 20.5 Å². The van der Waals surface area contributed by atoms with Crippen LogP contribution in [0.4, 0.5) is 4.39 Å². The third-order valence-corrected chi connectivity index (χ3v) is 8.05. The fraction of sp³-hybridized carbons (Fsp3) is 0.455. The fourth-order valence-corrected chi connectivity index (χ4v) is 6.08. The number of nitrogens with zero attached hydrogens (tertiary/aromatic N) is 2. The minimum atomic E-state index is -0.584. The number of aromatic nitrogens is 1. The predicted octanol–water partition coefficient (Wildman–Crippen LogP) is 5.72. The Balaban J connectivity index is 0.00000405. The van der Waals surface area contributed by atoms with Crippen LogP contribution in [0.5, 0.6) is 11.6 Å². The number of rotatable bonds is 9. The molecule has 1 saturated carbocycles. The van der Waals surface area contributed by atoms with Gasteiger partial charge in [0.25, 0.3) is 5.91 Å². The second-order valence-electron chi connectivity index (χ2n) is 11.8. The zero-order valence-corrected chi connectivity index (χ0v) is 25.3. The van der Waals surface area contributed by atoms with E-state index in [1.807, 2.05) is 24.3 Å². The van der Waals surface area contributed by atoms with E-state index in [0.717, 1.165) is 75.5 Å². The topological polar surface area (TPSA) is 92.5 Å². The van der Waals surface area contributed by atoms with E-state index in [1.165, 1.54) is 11.6 Å². The molecular formula is C33H43ClFN5O2. The van der Waals surface area contributed by atoms with Gasteiger partial charge < -0.3 is 26.0 Å². The van der Waals surface area contributed by atoms with E-state index in [1.54, 1.807) is 0 Å². The number of amides is 1. The van der Waals surface area contributed by atoms with Crippen LogP contribution in [-0.4, -0.2) is 59.6 Å². The summed E-state index contributed by atoms with van der Waals surface area (Å²) < 4.78 is 20.2. The molecule has 2 atom stereocenters. The van der Waals surface area contributed by atoms with Crippen LogP contribution in [0.1, 0.15) is 61.9 Å². The number of nitrogens with one attached hydrogen (secondary N) is 2. The number of benzene rings is 2. The van der Waals surface area contributed by atoms with Gasteiger partial charge in [0, 0.05) is 37.3 Å². The number of hydrogen-bond acceptors (Lipinski definition) is 6. The first-order valence-corrected chi connectivity index (χ1v) is 14.9. The number of hydrogen-bond donors (Lipinski definition) is 3. The first-order chi connectivity index (χ1) is 19.8. The van der Waals surface area contributed by atoms with Crippen LogP contribution >= 0.6 is 12.4 Å². The van der Waals surface area contributed by atoms with Crippen LogP contribution < -0.4 is 21.1 Å². The molecule has 9 heteroatoms. The Bertz CT molecular complexity index is 1320. The molecule has 1 aliphatic heterocycles. The van der Waals surface area contributed by atoms with Crippen molar-refractivity contribution in [3.63, 3.8) is 0 Å². The lowest BCUT2D eigenvalue weighted by Gasteiger charge is -2.36. The van der Waals surface area contributed by atoms with Crippen molar-refractivity contribution in [2.75, 3.05) is 19.6 Å². The van der Waals surface area contributed by atoms with E-state index in [0.29, 0.717) is 17.8 Å². The van der Waals surface area contributed by atoms with Gasteiger partial charge in [-0.05, 0) is 93.8 Å². The number of carbonyl (C=O) groups excluding carboxylic acids is 1. The van der Waals surface area contributed by atoms with E-state index in [9.17, 15) is 9.18 Å². The van der Waals surface area contributed by atoms with Gasteiger partial charge in [0.15, 0.2) is 0 Å². The zero-order chi connectivity index (χ0) is 28.8. The molecule has 7 nitrogen and oxygen atoms in total. The maximum absolute atomic E-state index is 14.1. The van der Waals surface area contributed by atoms with Crippen molar-refractivity contribution in [3.8, 4) is 22.8 Å². The predicted molar refractivity (Wildman–Crippen MR) is 168 cm³/mol. The van der Waals surface area contributed by atoms with Gasteiger partial charge in [-0.1, -0.05) is 36.4 Å². The van der Waals surface area contributed by atoms with Gasteiger partial charge in [-0.2, -0.15) is 0 Å². The van der Waals surface area contributed by atoms with Crippen molar-refractivity contribution in [2.24, 2.45) is 5.73 Å². The van der Waals surface area contributed by atoms with Crippen LogP contribution in [0.25, 0.3) is 11.1 Å². The number of ether oxygens (including phenoxy) is 1. The Labute approximate surface area is 254 Å². The Morgan fingerprint density at radius 3 is 2.48 bits per heavy atom. The molecule has 0 bridgehead atoms. The van der Waals surface area contributed by atoms with E-state index in [2.05, 4.69) is 58.6 Å². The zero-order valence-electron chi connectivity index (χ0n) is 24.5. The van der Waals surface area contributed by atoms with Crippen LogP contribution in [0.3, 0.4) is 0 Å². The molecule has 4 N–H and O–H groups in total. The quantitative estimate of drug-likeness (QED) is 0.293. The maximum atomic E-state index is 14.1. The Hall–Kier alpha value is -3.04. The molecule has 42 heavy (non-hydrogen) atoms. The van der Waals surface area contributed by atoms with Crippen LogP contribution in [0.2, 0.25) is 0 Å². The summed E-state index contributed by atoms with van der Waals surface area (Å²) in [7, 11) is 0. The number of piperazine rings is 1. The minimum Gasteiger partial charge on any atom is -0.438 e. The summed E-state index contributed by atoms with van der Waals surface area (Å²) in [4.78, 5) is 19.7. The number of nitrogens with two attached hydrogens (primary N) is 1. The summed E-state index contributed by atoms with van der Waals surface area (Å²) in [6.45, 7) is 7.79. The number of pyridine rings is 1. The Kier molecular flexibility index (Phi) is 11.3. The van der Waals surface area contributed by atoms with Crippen LogP contribution in [0, 0.1) is 5.82 Å². The summed E-state index contributed by atoms with van der Waals surface area (Å²) in [5, 5.41) is 6.60. The second kappa shape index (κ2) is 14.9. The van der Waals surface area contributed by atoms with Gasteiger partial charge in [-0.3, -0.25) is 4.79 Å². The molecule has 1 amide bonds. The summed E-state index contributed by atoms with van der Waals surface area (Å²) in [6, 6.07) is 18.7. The summed E-state index contributed by atoms with van der Waals surface area (Å²) >= 11 is 0. The molecular weight excluding hydrogens is 553 g/mol. The lowest BCUT2D eigenvalue weighted by Crippen LogP contribution is -2.54. The average molecular weight is 596 g/mol. The van der Waals surface area contributed by atoms with Crippen LogP contribution in [-0.2, 0) is 6.42 Å². The normalized spacial score (nSPS) is 22.7. The molecule has 1 saturated heterocycles. The average Bonchev–Trinajstić information content (AvgIpc) is 2.95. The molecule has 2 aromatic carbocycles. The summed E-state index contributed by atoms with van der Waals surface area (Å²) in [6.07, 6.45) is 6.53. The summed E-state index contributed by atoms with van der Waals surface area (Å²) in [5.41, 5.74) is 9.47. The van der Waals surface area contributed by atoms with Crippen molar-refractivity contribution in [3.05, 3.63) is 77.7 Å². The highest BCUT2D eigenvalue weighted by Crippen LogP contribution is 2.29. The van der Waals surface area contributed by atoms with Gasteiger partial charge in [0.2, 0.25) is 5.88 Å². The van der Waals surface area contributed by atoms with Gasteiger partial charge in [-0.15, -0.1) is 12.4 Å². The van der Waals surface area contributed by atoms with Crippen LogP contribution in [0.15, 0.2) is 60.8 Å². The van der Waals surface area contributed by atoms with E-state index in [-0.39, 0.29) is 41.8 Å². The standard InChI is InChI=1S/C33H42FN5O2.ClH/c1-22-20-39(21-23(2)37-22)15-5-7-24-6-3-8-25(16-24)26-9-4-10-30(17-26)41-33-31(18-27(34)19-36-33)32(40)38-29-13-11-28(35)12-14-29;/h3-4,6,8-10,16-19,22-23,28-29,37H,5,7,11-15,20-21,35H2,1-2H3,(H,38,40);1H/t22-,23+,28?,29?;. The highest BCUT2D eigenvalue weighted by atomic mass is 35.5. The highest BCUT2D eigenvalue weighted by molar-refractivity contribution is 5.96. The third-order valence-electron chi connectivity index (χ3n) is 8.05. The largest absolute Gasteiger partial charge is 0.438 e. The van der Waals surface area contributed by atoms with Crippen molar-refractivity contribution < 1.29 is 13.9 Å². The number of carbonyl (C=O) groups is 1. The monoisotopic (exact) mass is 595 g/mol. The Morgan fingerprint density at radius 1 is 1.05 bits per heavy atom. The van der Waals surface area contributed by atoms with Gasteiger partial charge >= 0.3 is 0 Å². The molecule has 3 aromatic rings. The van der Waals surface area contributed by atoms with Crippen molar-refractivity contribution in [1.29, 1.82) is 0 Å². The minimum absolute atomic E-state index is 0. The molecule has 1 aromatic heterocycles. The lowest BCUT2D eigenvalue weighted by molar-refractivity contribution is 0.0922. The van der Waals surface area contributed by atoms with E-state index in [4.69, 9.17) is 10.5 Å². The van der Waals surface area contributed by atoms with E-state index >= 15 is 0 Å². The summed E-state index contributed by atoms with van der Waals surface area (Å²) in [5.74, 6) is -0.355. The highest BCUT2D eigenvalue weighted by Gasteiger charge is 2.24. The first-order valence-electron chi connectivity index (χ1n) is 14.9. The van der Waals surface area contributed by atoms with Gasteiger partial charge in [0.1, 0.15) is 17.1 Å². The maximum Gasteiger partial charge on any atom is 0.257 e. The Morgan fingerprint density at radius 2 is 1.74 bits per heavy atom. The fourth-order valence-electron chi connectivity index (χ4n) is 6.08. The molecule has 1 aliphatic carbocycles. The number of aryl methyl sites for hydroxylation is 1. The van der Waals surface area contributed by atoms with Gasteiger partial charge in [-0.25, -0.2) is 9.37 Å². The molecule has 2 fully saturated rings. The first kappa shape index (κ1) is 31.9. The second-order valence-corrected chi connectivity index (χ2v) is 11.8. The molecule has 5 rings (SSSR count). The smallest absolute Gasteiger partial charge is 0.257 e. The number of halogens is 2. The SMILES string of the molecule is C[C@@H]1CN(CCCc2cccc(-c3cccc(Oc4ncc(F)cc4C(=O)NC4CCC(N)CC4)c3)c2)C[C@H](C)N1.Cl. The van der Waals surface area contributed by atoms with Crippen molar-refractivity contribution in [2.45, 2.75) is 76.5 Å². The lowest BCUT2D eigenvalue weighted by atomic mass is 9.91. The van der Waals surface area contributed by atoms with E-state index < -0.39 is 5.82 Å². The molecule has 0 spiro atoms. The molecule has 0 radical (unpaired) electrons. The molecule has 2 heterocycles. The molecule has 0 unspecified atom stereocenters. The molecule has 226 valence electrons. The third kappa shape index (κ3) is 8.74. The van der Waals surface area contributed by atoms with Crippen molar-refractivity contribution >= 4 is 18.3 Å². The molecule has 2 aliphatic rings. The van der Waals surface area contributed by atoms with Gasteiger partial charge in [0.05, 0.1) is 6.20 Å².